The number of fused-ring (bicyclic) bond motifs is 1. The van der Waals surface area contributed by atoms with Crippen molar-refractivity contribution in [2.24, 2.45) is 0 Å². The summed E-state index contributed by atoms with van der Waals surface area (Å²) >= 11 is 12.4. The number of ether oxygens (including phenoxy) is 1. The average molecular weight is 273 g/mol. The van der Waals surface area contributed by atoms with Crippen LogP contribution in [0.2, 0.25) is 5.02 Å². The van der Waals surface area contributed by atoms with Crippen LogP contribution in [-0.4, -0.2) is 23.3 Å². The van der Waals surface area contributed by atoms with E-state index in [-0.39, 0.29) is 5.38 Å². The van der Waals surface area contributed by atoms with Gasteiger partial charge in [-0.15, -0.1) is 11.6 Å². The summed E-state index contributed by atoms with van der Waals surface area (Å²) in [5, 5.41) is 0.532. The van der Waals surface area contributed by atoms with Crippen LogP contribution >= 0.6 is 23.2 Å². The van der Waals surface area contributed by atoms with Crippen LogP contribution in [0.1, 0.15) is 18.1 Å². The van der Waals surface area contributed by atoms with Crippen molar-refractivity contribution in [2.75, 3.05) is 13.7 Å². The molecule has 0 aliphatic carbocycles. The number of rotatable bonds is 4. The fraction of sp³-hybridized carbons (Fsp3) is 0.417. The van der Waals surface area contributed by atoms with Crippen LogP contribution in [0.5, 0.6) is 0 Å². The van der Waals surface area contributed by atoms with Gasteiger partial charge < -0.3 is 9.30 Å². The zero-order valence-corrected chi connectivity index (χ0v) is 11.3. The molecule has 0 aliphatic heterocycles. The summed E-state index contributed by atoms with van der Waals surface area (Å²) in [7, 11) is 1.67. The van der Waals surface area contributed by atoms with Crippen LogP contribution in [0, 0.1) is 0 Å². The van der Waals surface area contributed by atoms with E-state index in [0.29, 0.717) is 18.2 Å². The molecule has 1 heterocycles. The molecule has 2 rings (SSSR count). The Hall–Kier alpha value is -0.770. The topological polar surface area (TPSA) is 27.1 Å². The summed E-state index contributed by atoms with van der Waals surface area (Å²) in [6, 6.07) is 5.69. The molecule has 5 heteroatoms. The number of hydrogen-bond acceptors (Lipinski definition) is 2. The molecule has 0 N–H and O–H groups in total. The van der Waals surface area contributed by atoms with Crippen LogP contribution in [0.25, 0.3) is 11.0 Å². The Morgan fingerprint density at radius 1 is 1.47 bits per heavy atom. The second-order valence-corrected chi connectivity index (χ2v) is 4.90. The number of aromatic nitrogens is 2. The minimum Gasteiger partial charge on any atom is -0.383 e. The predicted molar refractivity (Wildman–Crippen MR) is 70.9 cm³/mol. The van der Waals surface area contributed by atoms with Gasteiger partial charge in [0.25, 0.3) is 0 Å². The number of methoxy groups -OCH3 is 1. The second-order valence-electron chi connectivity index (χ2n) is 3.84. The summed E-state index contributed by atoms with van der Waals surface area (Å²) in [4.78, 5) is 4.52. The van der Waals surface area contributed by atoms with E-state index in [2.05, 4.69) is 4.98 Å². The average Bonchev–Trinajstić information content (AvgIpc) is 2.66. The first-order chi connectivity index (χ1) is 8.15. The number of para-hydroxylation sites is 1. The summed E-state index contributed by atoms with van der Waals surface area (Å²) < 4.78 is 7.13. The van der Waals surface area contributed by atoms with E-state index in [9.17, 15) is 0 Å². The first-order valence-corrected chi connectivity index (χ1v) is 6.24. The van der Waals surface area contributed by atoms with Gasteiger partial charge in [-0.3, -0.25) is 0 Å². The number of nitrogens with zero attached hydrogens (tertiary/aromatic N) is 2. The predicted octanol–water partition coefficient (Wildman–Crippen LogP) is 3.64. The zero-order valence-electron chi connectivity index (χ0n) is 9.78. The molecule has 1 unspecified atom stereocenters. The van der Waals surface area contributed by atoms with E-state index in [1.807, 2.05) is 29.7 Å². The molecule has 2 aromatic rings. The van der Waals surface area contributed by atoms with Gasteiger partial charge in [-0.2, -0.15) is 0 Å². The largest absolute Gasteiger partial charge is 0.383 e. The molecule has 0 saturated heterocycles. The molecule has 1 atom stereocenters. The van der Waals surface area contributed by atoms with Crippen molar-refractivity contribution in [1.29, 1.82) is 0 Å². The van der Waals surface area contributed by atoms with E-state index >= 15 is 0 Å². The molecule has 0 fully saturated rings. The van der Waals surface area contributed by atoms with Crippen LogP contribution in [0.4, 0.5) is 0 Å². The van der Waals surface area contributed by atoms with Gasteiger partial charge in [-0.25, -0.2) is 4.98 Å². The zero-order chi connectivity index (χ0) is 12.4. The summed E-state index contributed by atoms with van der Waals surface area (Å²) in [5.41, 5.74) is 1.80. The second kappa shape index (κ2) is 5.25. The molecule has 0 aliphatic rings. The molecule has 1 aromatic heterocycles. The lowest BCUT2D eigenvalue weighted by atomic mass is 10.3. The van der Waals surface area contributed by atoms with Crippen molar-refractivity contribution in [1.82, 2.24) is 9.55 Å². The van der Waals surface area contributed by atoms with Crippen LogP contribution in [0.3, 0.4) is 0 Å². The van der Waals surface area contributed by atoms with Gasteiger partial charge in [-0.05, 0) is 19.1 Å². The highest BCUT2D eigenvalue weighted by molar-refractivity contribution is 6.35. The maximum atomic E-state index is 6.21. The number of imidazole rings is 1. The lowest BCUT2D eigenvalue weighted by molar-refractivity contribution is 0.187. The lowest BCUT2D eigenvalue weighted by Gasteiger charge is -2.10. The van der Waals surface area contributed by atoms with E-state index < -0.39 is 0 Å². The molecule has 0 saturated carbocycles. The molecular formula is C12H14Cl2N2O. The summed E-state index contributed by atoms with van der Waals surface area (Å²) in [6.45, 7) is 3.20. The van der Waals surface area contributed by atoms with E-state index in [1.54, 1.807) is 7.11 Å². The van der Waals surface area contributed by atoms with E-state index in [1.165, 1.54) is 0 Å². The van der Waals surface area contributed by atoms with Gasteiger partial charge in [-0.1, -0.05) is 17.7 Å². The van der Waals surface area contributed by atoms with Crippen molar-refractivity contribution >= 4 is 34.2 Å². The maximum absolute atomic E-state index is 6.21. The Morgan fingerprint density at radius 2 is 2.24 bits per heavy atom. The van der Waals surface area contributed by atoms with Crippen LogP contribution < -0.4 is 0 Å². The fourth-order valence-electron chi connectivity index (χ4n) is 1.87. The number of halogens is 2. The fourth-order valence-corrected chi connectivity index (χ4v) is 2.31. The molecule has 0 radical (unpaired) electrons. The quantitative estimate of drug-likeness (QED) is 0.795. The maximum Gasteiger partial charge on any atom is 0.127 e. The van der Waals surface area contributed by atoms with E-state index in [0.717, 1.165) is 16.9 Å². The van der Waals surface area contributed by atoms with E-state index in [4.69, 9.17) is 27.9 Å². The Bertz CT molecular complexity index is 522. The van der Waals surface area contributed by atoms with Crippen LogP contribution in [-0.2, 0) is 11.3 Å². The van der Waals surface area contributed by atoms with Crippen molar-refractivity contribution in [3.8, 4) is 0 Å². The highest BCUT2D eigenvalue weighted by Gasteiger charge is 2.16. The van der Waals surface area contributed by atoms with Gasteiger partial charge in [0.15, 0.2) is 0 Å². The number of benzene rings is 1. The molecular weight excluding hydrogens is 259 g/mol. The van der Waals surface area contributed by atoms with Crippen molar-refractivity contribution < 1.29 is 4.74 Å². The van der Waals surface area contributed by atoms with Gasteiger partial charge in [0.05, 0.1) is 28.0 Å². The molecule has 0 spiro atoms. The van der Waals surface area contributed by atoms with Crippen LogP contribution in [0.15, 0.2) is 18.2 Å². The minimum atomic E-state index is -0.157. The highest BCUT2D eigenvalue weighted by atomic mass is 35.5. The van der Waals surface area contributed by atoms with Gasteiger partial charge in [0, 0.05) is 13.7 Å². The Labute approximate surface area is 110 Å². The van der Waals surface area contributed by atoms with Crippen molar-refractivity contribution in [2.45, 2.75) is 18.8 Å². The Morgan fingerprint density at radius 3 is 2.88 bits per heavy atom. The van der Waals surface area contributed by atoms with Gasteiger partial charge in [0.1, 0.15) is 5.82 Å². The molecule has 17 heavy (non-hydrogen) atoms. The SMILES string of the molecule is COCCn1c(C(C)Cl)nc2cccc(Cl)c21. The normalized spacial score (nSPS) is 13.2. The first kappa shape index (κ1) is 12.7. The number of alkyl halides is 1. The minimum absolute atomic E-state index is 0.157. The Kier molecular flexibility index (Phi) is 3.92. The Balaban J connectivity index is 2.60. The summed E-state index contributed by atoms with van der Waals surface area (Å²) in [6.07, 6.45) is 0. The molecule has 0 bridgehead atoms. The van der Waals surface area contributed by atoms with Crippen molar-refractivity contribution in [3.05, 3.63) is 29.0 Å². The molecule has 3 nitrogen and oxygen atoms in total. The van der Waals surface area contributed by atoms with Gasteiger partial charge >= 0.3 is 0 Å². The summed E-state index contributed by atoms with van der Waals surface area (Å²) in [5.74, 6) is 0.826. The highest BCUT2D eigenvalue weighted by Crippen LogP contribution is 2.29. The third-order valence-electron chi connectivity index (χ3n) is 2.62. The third-order valence-corrected chi connectivity index (χ3v) is 3.12. The number of hydrogen-bond donors (Lipinski definition) is 0. The smallest absolute Gasteiger partial charge is 0.127 e. The lowest BCUT2D eigenvalue weighted by Crippen LogP contribution is -2.08. The van der Waals surface area contributed by atoms with Crippen molar-refractivity contribution in [3.63, 3.8) is 0 Å². The molecule has 92 valence electrons. The monoisotopic (exact) mass is 272 g/mol. The third kappa shape index (κ3) is 2.41. The van der Waals surface area contributed by atoms with Gasteiger partial charge in [0.2, 0.25) is 0 Å². The molecule has 0 amide bonds. The first-order valence-electron chi connectivity index (χ1n) is 5.42. The molecule has 1 aromatic carbocycles. The standard InChI is InChI=1S/C12H14Cl2N2O/c1-8(13)12-15-10-5-3-4-9(14)11(10)16(12)6-7-17-2/h3-5,8H,6-7H2,1-2H3.